The molecule has 0 spiro atoms. The van der Waals surface area contributed by atoms with E-state index in [2.05, 4.69) is 79.8 Å². The normalized spacial score (nSPS) is 28.7. The van der Waals surface area contributed by atoms with E-state index in [4.69, 9.17) is 12.2 Å². The molecular formula is C19H18S2Si. The number of thiocarbonyl (C=S) groups is 1. The molecule has 1 fully saturated rings. The van der Waals surface area contributed by atoms with Crippen molar-refractivity contribution in [2.24, 2.45) is 5.92 Å². The van der Waals surface area contributed by atoms with E-state index in [-0.39, 0.29) is 4.37 Å². The zero-order valence-electron chi connectivity index (χ0n) is 12.7. The second-order valence-electron chi connectivity index (χ2n) is 6.57. The molecule has 110 valence electrons. The van der Waals surface area contributed by atoms with Crippen LogP contribution in [0.2, 0.25) is 13.1 Å². The number of thioether (sulfide) groups is 1. The van der Waals surface area contributed by atoms with Gasteiger partial charge in [-0.2, -0.15) is 0 Å². The summed E-state index contributed by atoms with van der Waals surface area (Å²) in [6.07, 6.45) is 2.48. The first-order chi connectivity index (χ1) is 10.6. The Bertz CT molecular complexity index is 765. The van der Waals surface area contributed by atoms with Crippen molar-refractivity contribution in [3.8, 4) is 0 Å². The number of benzene rings is 2. The molecule has 0 N–H and O–H groups in total. The van der Waals surface area contributed by atoms with Gasteiger partial charge in [-0.25, -0.2) is 0 Å². The monoisotopic (exact) mass is 338 g/mol. The molecular weight excluding hydrogens is 320 g/mol. The Morgan fingerprint density at radius 1 is 0.955 bits per heavy atom. The number of hydrogen-bond donors (Lipinski definition) is 0. The molecule has 2 aliphatic rings. The number of hydrogen-bond acceptors (Lipinski definition) is 2. The van der Waals surface area contributed by atoms with Gasteiger partial charge >= 0.3 is 0 Å². The molecule has 2 aromatic carbocycles. The van der Waals surface area contributed by atoms with Crippen molar-refractivity contribution >= 4 is 41.4 Å². The highest BCUT2D eigenvalue weighted by Gasteiger charge is 2.66. The number of fused-ring (bicyclic) bond motifs is 1. The summed E-state index contributed by atoms with van der Waals surface area (Å²) in [7, 11) is -1.69. The van der Waals surface area contributed by atoms with Gasteiger partial charge in [0.15, 0.2) is 0 Å². The molecule has 0 radical (unpaired) electrons. The Morgan fingerprint density at radius 2 is 1.55 bits per heavy atom. The summed E-state index contributed by atoms with van der Waals surface area (Å²) in [6.45, 7) is 5.02. The summed E-state index contributed by atoms with van der Waals surface area (Å²) in [4.78, 5) is 0. The minimum atomic E-state index is -1.69. The highest BCUT2D eigenvalue weighted by molar-refractivity contribution is 8.27. The van der Waals surface area contributed by atoms with Gasteiger partial charge in [0, 0.05) is 5.92 Å². The first-order valence-corrected chi connectivity index (χ1v) is 11.9. The summed E-state index contributed by atoms with van der Waals surface area (Å²) in [5, 5.41) is 1.56. The maximum absolute atomic E-state index is 5.64. The van der Waals surface area contributed by atoms with Crippen LogP contribution < -0.4 is 0 Å². The summed E-state index contributed by atoms with van der Waals surface area (Å²) in [5.74, 6) is 0.423. The van der Waals surface area contributed by atoms with Crippen molar-refractivity contribution in [1.82, 2.24) is 0 Å². The van der Waals surface area contributed by atoms with E-state index >= 15 is 0 Å². The lowest BCUT2D eigenvalue weighted by molar-refractivity contribution is 0.736. The Kier molecular flexibility index (Phi) is 3.22. The van der Waals surface area contributed by atoms with Crippen LogP contribution in [0.15, 0.2) is 66.7 Å². The van der Waals surface area contributed by atoms with Crippen LogP contribution in [0.4, 0.5) is 0 Å². The molecule has 3 heteroatoms. The Labute approximate surface area is 142 Å². The van der Waals surface area contributed by atoms with E-state index < -0.39 is 8.07 Å². The van der Waals surface area contributed by atoms with E-state index in [1.807, 2.05) is 11.8 Å². The van der Waals surface area contributed by atoms with E-state index in [1.54, 1.807) is 5.20 Å². The van der Waals surface area contributed by atoms with Crippen LogP contribution in [-0.4, -0.2) is 12.3 Å². The molecule has 2 aliphatic heterocycles. The van der Waals surface area contributed by atoms with Crippen molar-refractivity contribution in [3.63, 3.8) is 0 Å². The molecule has 22 heavy (non-hydrogen) atoms. The third-order valence-electron chi connectivity index (χ3n) is 5.18. The van der Waals surface area contributed by atoms with Gasteiger partial charge in [0.05, 0.1) is 8.57 Å². The predicted octanol–water partition coefficient (Wildman–Crippen LogP) is 5.46. The van der Waals surface area contributed by atoms with Crippen LogP contribution in [-0.2, 0) is 4.37 Å². The van der Waals surface area contributed by atoms with Crippen LogP contribution in [0.1, 0.15) is 11.1 Å². The first kappa shape index (κ1) is 14.4. The topological polar surface area (TPSA) is 0 Å². The van der Waals surface area contributed by atoms with E-state index in [1.165, 1.54) is 11.1 Å². The van der Waals surface area contributed by atoms with Crippen molar-refractivity contribution in [2.75, 3.05) is 0 Å². The van der Waals surface area contributed by atoms with E-state index in [0.717, 1.165) is 4.20 Å². The quantitative estimate of drug-likeness (QED) is 0.527. The van der Waals surface area contributed by atoms with Crippen LogP contribution in [0.5, 0.6) is 0 Å². The zero-order valence-corrected chi connectivity index (χ0v) is 15.4. The van der Waals surface area contributed by atoms with Crippen LogP contribution in [0.25, 0.3) is 5.20 Å². The van der Waals surface area contributed by atoms with Gasteiger partial charge in [-0.1, -0.05) is 97.2 Å². The molecule has 2 heterocycles. The van der Waals surface area contributed by atoms with Gasteiger partial charge in [-0.05, 0) is 11.1 Å². The maximum atomic E-state index is 5.64. The van der Waals surface area contributed by atoms with E-state index in [9.17, 15) is 0 Å². The fourth-order valence-electron chi connectivity index (χ4n) is 4.03. The number of allylic oxidation sites excluding steroid dienone is 1. The molecule has 0 aliphatic carbocycles. The molecule has 2 unspecified atom stereocenters. The number of rotatable bonds is 2. The summed E-state index contributed by atoms with van der Waals surface area (Å²) in [5.41, 5.74) is 2.84. The van der Waals surface area contributed by atoms with Gasteiger partial charge in [-0.3, -0.25) is 0 Å². The summed E-state index contributed by atoms with van der Waals surface area (Å²) in [6, 6.07) is 21.9. The average molecular weight is 339 g/mol. The summed E-state index contributed by atoms with van der Waals surface area (Å²) >= 11 is 7.59. The van der Waals surface area contributed by atoms with Gasteiger partial charge in [0.2, 0.25) is 0 Å². The Balaban J connectivity index is 1.88. The smallest absolute Gasteiger partial charge is 0.105 e. The zero-order chi connectivity index (χ0) is 15.4. The van der Waals surface area contributed by atoms with Gasteiger partial charge < -0.3 is 0 Å². The molecule has 2 atom stereocenters. The lowest BCUT2D eigenvalue weighted by atomic mass is 9.97. The maximum Gasteiger partial charge on any atom is 0.105 e. The summed E-state index contributed by atoms with van der Waals surface area (Å²) < 4.78 is 1.35. The third kappa shape index (κ3) is 1.73. The third-order valence-corrected chi connectivity index (χ3v) is 13.0. The Morgan fingerprint density at radius 3 is 2.14 bits per heavy atom. The minimum absolute atomic E-state index is 0.191. The molecule has 0 nitrogen and oxygen atoms in total. The molecule has 2 aromatic rings. The van der Waals surface area contributed by atoms with Crippen molar-refractivity contribution in [3.05, 3.63) is 77.9 Å². The van der Waals surface area contributed by atoms with E-state index in [0.29, 0.717) is 5.92 Å². The van der Waals surface area contributed by atoms with Crippen molar-refractivity contribution in [1.29, 1.82) is 0 Å². The van der Waals surface area contributed by atoms with Crippen LogP contribution in [0, 0.1) is 5.92 Å². The van der Waals surface area contributed by atoms with Crippen LogP contribution >= 0.6 is 24.0 Å². The lowest BCUT2D eigenvalue weighted by Gasteiger charge is -2.52. The molecule has 1 saturated heterocycles. The molecule has 0 aromatic heterocycles. The fraction of sp³-hybridized carbons (Fsp3) is 0.211. The Hall–Kier alpha value is -1.16. The standard InChI is InChI=1S/C19H18S2Si/c1-22(2)17(14-9-5-3-6-10-14)13-16-18(20)21-19(16,22)15-11-7-4-8-12-15/h3-13,16H,1-2H3. The predicted molar refractivity (Wildman–Crippen MR) is 104 cm³/mol. The van der Waals surface area contributed by atoms with Crippen molar-refractivity contribution in [2.45, 2.75) is 17.5 Å². The van der Waals surface area contributed by atoms with Gasteiger partial charge in [0.25, 0.3) is 0 Å². The highest BCUT2D eigenvalue weighted by Crippen LogP contribution is 2.67. The van der Waals surface area contributed by atoms with Crippen molar-refractivity contribution < 1.29 is 0 Å². The fourth-order valence-corrected chi connectivity index (χ4v) is 11.7. The first-order valence-electron chi connectivity index (χ1n) is 7.63. The molecule has 4 rings (SSSR count). The van der Waals surface area contributed by atoms with Gasteiger partial charge in [0.1, 0.15) is 8.07 Å². The average Bonchev–Trinajstić information content (AvgIpc) is 2.72. The SMILES string of the molecule is C[Si]1(C)C(c2ccccc2)=CC2C(=S)SC21c1ccccc1. The second kappa shape index (κ2) is 4.92. The second-order valence-corrected chi connectivity index (χ2v) is 13.5. The minimum Gasteiger partial charge on any atom is -0.108 e. The van der Waals surface area contributed by atoms with Crippen LogP contribution in [0.3, 0.4) is 0 Å². The highest BCUT2D eigenvalue weighted by atomic mass is 32.2. The largest absolute Gasteiger partial charge is 0.108 e. The molecule has 0 bridgehead atoms. The lowest BCUT2D eigenvalue weighted by Crippen LogP contribution is -2.58. The van der Waals surface area contributed by atoms with Gasteiger partial charge in [-0.15, -0.1) is 11.8 Å². The molecule has 0 saturated carbocycles. The molecule has 0 amide bonds.